The Kier molecular flexibility index (Phi) is 8.28. The molecule has 1 aromatic carbocycles. The number of nitrogens with one attached hydrogen (secondary N) is 3. The Morgan fingerprint density at radius 2 is 2.04 bits per heavy atom. The van der Waals surface area contributed by atoms with E-state index >= 15 is 0 Å². The predicted octanol–water partition coefficient (Wildman–Crippen LogP) is 2.68. The first-order valence-corrected chi connectivity index (χ1v) is 7.88. The summed E-state index contributed by atoms with van der Waals surface area (Å²) in [6, 6.07) is 5.89. The van der Waals surface area contributed by atoms with E-state index in [2.05, 4.69) is 27.8 Å². The van der Waals surface area contributed by atoms with Gasteiger partial charge in [-0.15, -0.1) is 29.9 Å². The van der Waals surface area contributed by atoms with Gasteiger partial charge >= 0.3 is 5.76 Å². The van der Waals surface area contributed by atoms with E-state index in [1.54, 1.807) is 7.11 Å². The fourth-order valence-electron chi connectivity index (χ4n) is 3.01. The van der Waals surface area contributed by atoms with Gasteiger partial charge in [0.1, 0.15) is 5.75 Å². The second-order valence-electron chi connectivity index (χ2n) is 5.85. The average Bonchev–Trinajstić information content (AvgIpc) is 3.02. The summed E-state index contributed by atoms with van der Waals surface area (Å²) in [6.45, 7) is 4.31. The highest BCUT2D eigenvalue weighted by molar-refractivity contribution is 5.85. The molecule has 3 N–H and O–H groups in total. The van der Waals surface area contributed by atoms with Gasteiger partial charge in [0.05, 0.1) is 12.8 Å². The number of aromatic nitrogens is 2. The van der Waals surface area contributed by atoms with Crippen LogP contribution in [0.4, 0.5) is 5.69 Å². The molecule has 0 bridgehead atoms. The molecule has 1 aromatic heterocycles. The van der Waals surface area contributed by atoms with Gasteiger partial charge in [0, 0.05) is 11.6 Å². The molecule has 0 radical (unpaired) electrons. The number of nitrogens with zero attached hydrogens (tertiary/aromatic N) is 1. The minimum absolute atomic E-state index is 0. The predicted molar refractivity (Wildman–Crippen MR) is 102 cm³/mol. The highest BCUT2D eigenvalue weighted by Gasteiger charge is 2.21. The third-order valence-corrected chi connectivity index (χ3v) is 4.36. The molecule has 0 spiro atoms. The summed E-state index contributed by atoms with van der Waals surface area (Å²) in [7, 11) is 1.64. The van der Waals surface area contributed by atoms with Crippen LogP contribution in [0.1, 0.15) is 19.8 Å². The fraction of sp³-hybridized carbons (Fsp3) is 0.500. The van der Waals surface area contributed by atoms with Gasteiger partial charge in [-0.3, -0.25) is 0 Å². The van der Waals surface area contributed by atoms with E-state index in [-0.39, 0.29) is 30.7 Å². The zero-order valence-corrected chi connectivity index (χ0v) is 15.8. The van der Waals surface area contributed by atoms with Gasteiger partial charge in [0.2, 0.25) is 5.89 Å². The van der Waals surface area contributed by atoms with Crippen molar-refractivity contribution in [2.24, 2.45) is 5.92 Å². The van der Waals surface area contributed by atoms with Crippen LogP contribution in [0.3, 0.4) is 0 Å². The lowest BCUT2D eigenvalue weighted by molar-refractivity contribution is 0.342. The first kappa shape index (κ1) is 21.3. The molecule has 9 heteroatoms. The van der Waals surface area contributed by atoms with Gasteiger partial charge in [-0.1, -0.05) is 0 Å². The van der Waals surface area contributed by atoms with Crippen molar-refractivity contribution in [3.8, 4) is 17.2 Å². The van der Waals surface area contributed by atoms with Crippen molar-refractivity contribution in [3.05, 3.63) is 28.7 Å². The van der Waals surface area contributed by atoms with Crippen LogP contribution in [0.15, 0.2) is 27.4 Å². The number of rotatable bonds is 5. The number of benzene rings is 1. The maximum atomic E-state index is 11.1. The maximum absolute atomic E-state index is 11.1. The zero-order valence-electron chi connectivity index (χ0n) is 14.2. The molecule has 0 saturated carbocycles. The third kappa shape index (κ3) is 5.14. The van der Waals surface area contributed by atoms with Gasteiger partial charge in [-0.25, -0.2) is 9.89 Å². The van der Waals surface area contributed by atoms with Crippen LogP contribution in [0.25, 0.3) is 11.5 Å². The molecule has 0 aliphatic carbocycles. The average molecular weight is 391 g/mol. The zero-order chi connectivity index (χ0) is 16.2. The molecular weight excluding hydrogens is 367 g/mol. The maximum Gasteiger partial charge on any atom is 0.434 e. The number of anilines is 1. The number of hydrogen-bond acceptors (Lipinski definition) is 6. The topological polar surface area (TPSA) is 92.2 Å². The van der Waals surface area contributed by atoms with Gasteiger partial charge in [0.25, 0.3) is 0 Å². The Labute approximate surface area is 158 Å². The molecule has 1 fully saturated rings. The van der Waals surface area contributed by atoms with Gasteiger partial charge < -0.3 is 19.8 Å². The first-order chi connectivity index (χ1) is 11.2. The number of halogens is 2. The van der Waals surface area contributed by atoms with Crippen LogP contribution >= 0.6 is 24.8 Å². The van der Waals surface area contributed by atoms with E-state index < -0.39 is 5.76 Å². The van der Waals surface area contributed by atoms with Crippen LogP contribution in [0, 0.1) is 5.92 Å². The van der Waals surface area contributed by atoms with Crippen LogP contribution in [0.5, 0.6) is 5.75 Å². The molecule has 1 atom stereocenters. The summed E-state index contributed by atoms with van der Waals surface area (Å²) in [4.78, 5) is 11.1. The smallest absolute Gasteiger partial charge is 0.434 e. The highest BCUT2D eigenvalue weighted by Crippen LogP contribution is 2.31. The van der Waals surface area contributed by atoms with E-state index in [1.165, 1.54) is 0 Å². The number of hydrogen-bond donors (Lipinski definition) is 3. The summed E-state index contributed by atoms with van der Waals surface area (Å²) in [5.74, 6) is 1.09. The van der Waals surface area contributed by atoms with E-state index in [9.17, 15) is 4.79 Å². The summed E-state index contributed by atoms with van der Waals surface area (Å²) in [6.07, 6.45) is 2.31. The summed E-state index contributed by atoms with van der Waals surface area (Å²) in [5.41, 5.74) is 1.60. The third-order valence-electron chi connectivity index (χ3n) is 4.36. The molecule has 3 rings (SSSR count). The van der Waals surface area contributed by atoms with E-state index in [1.807, 2.05) is 18.2 Å². The fourth-order valence-corrected chi connectivity index (χ4v) is 3.01. The van der Waals surface area contributed by atoms with E-state index in [0.29, 0.717) is 12.0 Å². The molecule has 7 nitrogen and oxygen atoms in total. The van der Waals surface area contributed by atoms with Crippen LogP contribution in [-0.4, -0.2) is 36.4 Å². The monoisotopic (exact) mass is 390 g/mol. The summed E-state index contributed by atoms with van der Waals surface area (Å²) >= 11 is 0. The Balaban J connectivity index is 0.00000156. The molecule has 2 aromatic rings. The van der Waals surface area contributed by atoms with Crippen molar-refractivity contribution in [2.45, 2.75) is 25.8 Å². The van der Waals surface area contributed by atoms with Crippen LogP contribution in [-0.2, 0) is 0 Å². The van der Waals surface area contributed by atoms with Gasteiger partial charge in [-0.2, -0.15) is 0 Å². The van der Waals surface area contributed by atoms with E-state index in [4.69, 9.17) is 9.15 Å². The van der Waals surface area contributed by atoms with Gasteiger partial charge in [0.15, 0.2) is 0 Å². The van der Waals surface area contributed by atoms with Crippen LogP contribution < -0.4 is 21.1 Å². The Morgan fingerprint density at radius 3 is 2.64 bits per heavy atom. The van der Waals surface area contributed by atoms with Crippen LogP contribution in [0.2, 0.25) is 0 Å². The van der Waals surface area contributed by atoms with E-state index in [0.717, 1.165) is 42.9 Å². The summed E-state index contributed by atoms with van der Waals surface area (Å²) < 4.78 is 10.5. The molecule has 1 aliphatic heterocycles. The minimum atomic E-state index is -0.562. The second-order valence-corrected chi connectivity index (χ2v) is 5.85. The lowest BCUT2D eigenvalue weighted by Gasteiger charge is -2.30. The largest absolute Gasteiger partial charge is 0.495 e. The molecular formula is C16H24Cl2N4O3. The number of methoxy groups -OCH3 is 1. The van der Waals surface area contributed by atoms with Crippen molar-refractivity contribution in [2.75, 3.05) is 25.5 Å². The number of aromatic amines is 1. The number of ether oxygens (including phenoxy) is 1. The van der Waals surface area contributed by atoms with Crippen molar-refractivity contribution in [1.82, 2.24) is 15.5 Å². The molecule has 140 valence electrons. The molecule has 0 amide bonds. The van der Waals surface area contributed by atoms with Crippen molar-refractivity contribution in [3.63, 3.8) is 0 Å². The molecule has 1 aliphatic rings. The number of H-pyrrole nitrogens is 1. The van der Waals surface area contributed by atoms with Gasteiger partial charge in [-0.05, 0) is 57.0 Å². The normalized spacial score (nSPS) is 15.6. The Morgan fingerprint density at radius 1 is 1.32 bits per heavy atom. The lowest BCUT2D eigenvalue weighted by atomic mass is 9.91. The summed E-state index contributed by atoms with van der Waals surface area (Å²) in [5, 5.41) is 13.1. The second kappa shape index (κ2) is 9.70. The molecule has 1 saturated heterocycles. The number of piperidine rings is 1. The molecule has 2 heterocycles. The molecule has 1 unspecified atom stereocenters. The standard InChI is InChI=1S/C16H22N4O3.2ClH/c1-10(11-5-7-17-8-6-11)18-13-9-12(3-4-14(13)22-2)15-19-20-16(21)23-15;;/h3-4,9-11,17-18H,5-8H2,1-2H3,(H,20,21);2*1H. The Bertz CT molecular complexity index is 713. The quantitative estimate of drug-likeness (QED) is 0.726. The van der Waals surface area contributed by atoms with Crippen molar-refractivity contribution >= 4 is 30.5 Å². The lowest BCUT2D eigenvalue weighted by Crippen LogP contribution is -2.36. The minimum Gasteiger partial charge on any atom is -0.495 e. The van der Waals surface area contributed by atoms with Crippen molar-refractivity contribution < 1.29 is 9.15 Å². The highest BCUT2D eigenvalue weighted by atomic mass is 35.5. The SMILES string of the molecule is COc1ccc(-c2n[nH]c(=O)o2)cc1NC(C)C1CCNCC1.Cl.Cl. The first-order valence-electron chi connectivity index (χ1n) is 7.88. The van der Waals surface area contributed by atoms with Crippen molar-refractivity contribution in [1.29, 1.82) is 0 Å². The molecule has 25 heavy (non-hydrogen) atoms. The Hall–Kier alpha value is -1.70.